The van der Waals surface area contributed by atoms with Gasteiger partial charge in [0.15, 0.2) is 0 Å². The van der Waals surface area contributed by atoms with Crippen molar-refractivity contribution in [2.45, 2.75) is 45.8 Å². The number of amides is 1. The number of aromatic nitrogens is 2. The molecule has 0 aromatic carbocycles. The van der Waals surface area contributed by atoms with Crippen molar-refractivity contribution < 1.29 is 14.6 Å². The zero-order chi connectivity index (χ0) is 15.6. The summed E-state index contributed by atoms with van der Waals surface area (Å²) in [5.41, 5.74) is 3.26. The lowest BCUT2D eigenvalue weighted by molar-refractivity contribution is -0.147. The number of aliphatic hydroxyl groups is 1. The minimum absolute atomic E-state index is 0.0262. The second-order valence-corrected chi connectivity index (χ2v) is 5.82. The number of carbonyl (C=O) groups excluding carboxylic acids is 1. The third-order valence-corrected chi connectivity index (χ3v) is 4.13. The van der Waals surface area contributed by atoms with Gasteiger partial charge >= 0.3 is 0 Å². The number of rotatable bonds is 4. The van der Waals surface area contributed by atoms with Crippen LogP contribution in [0.3, 0.4) is 0 Å². The fraction of sp³-hybridized carbons (Fsp3) is 0.733. The number of nitrogens with zero attached hydrogens (tertiary/aromatic N) is 3. The van der Waals surface area contributed by atoms with Gasteiger partial charge in [0.2, 0.25) is 5.91 Å². The van der Waals surface area contributed by atoms with E-state index in [0.717, 1.165) is 17.0 Å². The van der Waals surface area contributed by atoms with Gasteiger partial charge in [0.25, 0.3) is 0 Å². The van der Waals surface area contributed by atoms with Gasteiger partial charge in [-0.15, -0.1) is 0 Å². The number of hydrogen-bond acceptors (Lipinski definition) is 4. The van der Waals surface area contributed by atoms with Gasteiger partial charge in [0.1, 0.15) is 0 Å². The van der Waals surface area contributed by atoms with Crippen LogP contribution in [-0.2, 0) is 23.0 Å². The Labute approximate surface area is 125 Å². The Morgan fingerprint density at radius 2 is 2.14 bits per heavy atom. The van der Waals surface area contributed by atoms with Gasteiger partial charge in [-0.05, 0) is 32.8 Å². The van der Waals surface area contributed by atoms with Crippen molar-refractivity contribution in [2.75, 3.05) is 19.7 Å². The summed E-state index contributed by atoms with van der Waals surface area (Å²) >= 11 is 0. The lowest BCUT2D eigenvalue weighted by Gasteiger charge is -2.36. The average molecular weight is 295 g/mol. The maximum Gasteiger partial charge on any atom is 0.223 e. The predicted molar refractivity (Wildman–Crippen MR) is 79.0 cm³/mol. The lowest BCUT2D eigenvalue weighted by Crippen LogP contribution is -2.50. The maximum atomic E-state index is 12.4. The molecular formula is C15H25N3O3. The van der Waals surface area contributed by atoms with E-state index in [9.17, 15) is 9.90 Å². The van der Waals surface area contributed by atoms with E-state index in [1.165, 1.54) is 0 Å². The number of ether oxygens (including phenoxy) is 1. The van der Waals surface area contributed by atoms with E-state index >= 15 is 0 Å². The number of aryl methyl sites for hydroxylation is 2. The van der Waals surface area contributed by atoms with Crippen LogP contribution < -0.4 is 0 Å². The zero-order valence-corrected chi connectivity index (χ0v) is 13.3. The van der Waals surface area contributed by atoms with E-state index in [2.05, 4.69) is 5.10 Å². The SMILES string of the molecule is Cc1nn(C)c(C)c1CCC(=O)N1CC(C)OC(CO)C1. The Morgan fingerprint density at radius 1 is 1.43 bits per heavy atom. The molecule has 118 valence electrons. The molecular weight excluding hydrogens is 270 g/mol. The Morgan fingerprint density at radius 3 is 2.71 bits per heavy atom. The molecule has 1 aliphatic rings. The van der Waals surface area contributed by atoms with Gasteiger partial charge in [0, 0.05) is 32.3 Å². The van der Waals surface area contributed by atoms with E-state index in [1.807, 2.05) is 32.5 Å². The Kier molecular flexibility index (Phi) is 5.00. The Bertz CT molecular complexity index is 513. The molecule has 1 aromatic heterocycles. The molecule has 21 heavy (non-hydrogen) atoms. The first-order valence-corrected chi connectivity index (χ1v) is 7.45. The molecule has 2 unspecified atom stereocenters. The van der Waals surface area contributed by atoms with E-state index in [1.54, 1.807) is 4.90 Å². The number of hydrogen-bond donors (Lipinski definition) is 1. The smallest absolute Gasteiger partial charge is 0.223 e. The summed E-state index contributed by atoms with van der Waals surface area (Å²) < 4.78 is 7.42. The molecule has 0 spiro atoms. The number of carbonyl (C=O) groups is 1. The standard InChI is InChI=1S/C15H25N3O3/c1-10-7-18(8-13(9-19)21-10)15(20)6-5-14-11(2)16-17(4)12(14)3/h10,13,19H,5-9H2,1-4H3. The fourth-order valence-corrected chi connectivity index (χ4v) is 2.92. The van der Waals surface area contributed by atoms with Crippen LogP contribution in [0.25, 0.3) is 0 Å². The van der Waals surface area contributed by atoms with Gasteiger partial charge in [-0.25, -0.2) is 0 Å². The van der Waals surface area contributed by atoms with Crippen LogP contribution in [0.15, 0.2) is 0 Å². The van der Waals surface area contributed by atoms with Crippen LogP contribution in [0.2, 0.25) is 0 Å². The second-order valence-electron chi connectivity index (χ2n) is 5.82. The molecule has 2 atom stereocenters. The predicted octanol–water partition coefficient (Wildman–Crippen LogP) is 0.578. The van der Waals surface area contributed by atoms with Crippen molar-refractivity contribution in [3.63, 3.8) is 0 Å². The lowest BCUT2D eigenvalue weighted by atomic mass is 10.1. The molecule has 1 aliphatic heterocycles. The summed E-state index contributed by atoms with van der Waals surface area (Å²) in [5.74, 6) is 0.117. The first kappa shape index (κ1) is 16.0. The summed E-state index contributed by atoms with van der Waals surface area (Å²) in [6, 6.07) is 0. The normalized spacial score (nSPS) is 22.6. The monoisotopic (exact) mass is 295 g/mol. The van der Waals surface area contributed by atoms with Crippen LogP contribution in [0.1, 0.15) is 30.3 Å². The Balaban J connectivity index is 1.95. The third kappa shape index (κ3) is 3.63. The second kappa shape index (κ2) is 6.58. The highest BCUT2D eigenvalue weighted by Crippen LogP contribution is 2.17. The summed E-state index contributed by atoms with van der Waals surface area (Å²) in [6.45, 7) is 6.96. The van der Waals surface area contributed by atoms with Crippen LogP contribution in [0.4, 0.5) is 0 Å². The molecule has 1 aromatic rings. The summed E-state index contributed by atoms with van der Waals surface area (Å²) in [4.78, 5) is 14.2. The topological polar surface area (TPSA) is 67.6 Å². The summed E-state index contributed by atoms with van der Waals surface area (Å²) in [7, 11) is 1.92. The van der Waals surface area contributed by atoms with E-state index < -0.39 is 0 Å². The zero-order valence-electron chi connectivity index (χ0n) is 13.3. The largest absolute Gasteiger partial charge is 0.394 e. The molecule has 1 saturated heterocycles. The maximum absolute atomic E-state index is 12.4. The summed E-state index contributed by atoms with van der Waals surface area (Å²) in [5, 5.41) is 13.6. The molecule has 0 saturated carbocycles. The quantitative estimate of drug-likeness (QED) is 0.882. The average Bonchev–Trinajstić information content (AvgIpc) is 2.69. The molecule has 6 nitrogen and oxygen atoms in total. The van der Waals surface area contributed by atoms with E-state index in [4.69, 9.17) is 4.74 Å². The van der Waals surface area contributed by atoms with Crippen molar-refractivity contribution in [3.05, 3.63) is 17.0 Å². The van der Waals surface area contributed by atoms with E-state index in [0.29, 0.717) is 25.9 Å². The van der Waals surface area contributed by atoms with E-state index in [-0.39, 0.29) is 24.7 Å². The van der Waals surface area contributed by atoms with Crippen molar-refractivity contribution in [1.29, 1.82) is 0 Å². The first-order chi connectivity index (χ1) is 9.92. The molecule has 0 bridgehead atoms. The molecule has 1 amide bonds. The molecule has 0 radical (unpaired) electrons. The van der Waals surface area contributed by atoms with Crippen molar-refractivity contribution in [1.82, 2.24) is 14.7 Å². The minimum Gasteiger partial charge on any atom is -0.394 e. The van der Waals surface area contributed by atoms with Crippen LogP contribution in [0, 0.1) is 13.8 Å². The first-order valence-electron chi connectivity index (χ1n) is 7.45. The minimum atomic E-state index is -0.264. The highest BCUT2D eigenvalue weighted by molar-refractivity contribution is 5.76. The number of aliphatic hydroxyl groups excluding tert-OH is 1. The van der Waals surface area contributed by atoms with Crippen LogP contribution in [-0.4, -0.2) is 57.6 Å². The molecule has 6 heteroatoms. The van der Waals surface area contributed by atoms with Crippen molar-refractivity contribution in [3.8, 4) is 0 Å². The van der Waals surface area contributed by atoms with Crippen molar-refractivity contribution >= 4 is 5.91 Å². The molecule has 2 rings (SSSR count). The van der Waals surface area contributed by atoms with Gasteiger partial charge < -0.3 is 14.7 Å². The molecule has 0 aliphatic carbocycles. The molecule has 1 fully saturated rings. The fourth-order valence-electron chi connectivity index (χ4n) is 2.92. The highest BCUT2D eigenvalue weighted by atomic mass is 16.5. The van der Waals surface area contributed by atoms with Gasteiger partial charge in [-0.2, -0.15) is 5.10 Å². The Hall–Kier alpha value is -1.40. The summed E-state index contributed by atoms with van der Waals surface area (Å²) in [6.07, 6.45) is 0.888. The van der Waals surface area contributed by atoms with Gasteiger partial charge in [0.05, 0.1) is 24.5 Å². The molecule has 1 N–H and O–H groups in total. The third-order valence-electron chi connectivity index (χ3n) is 4.13. The van der Waals surface area contributed by atoms with Gasteiger partial charge in [-0.3, -0.25) is 9.48 Å². The number of morpholine rings is 1. The molecule has 2 heterocycles. The van der Waals surface area contributed by atoms with Crippen molar-refractivity contribution in [2.24, 2.45) is 7.05 Å². The van der Waals surface area contributed by atoms with Crippen LogP contribution >= 0.6 is 0 Å². The van der Waals surface area contributed by atoms with Gasteiger partial charge in [-0.1, -0.05) is 0 Å². The highest BCUT2D eigenvalue weighted by Gasteiger charge is 2.27. The van der Waals surface area contributed by atoms with Crippen LogP contribution in [0.5, 0.6) is 0 Å².